The zero-order chi connectivity index (χ0) is 19.3. The molecule has 0 aliphatic rings. The third kappa shape index (κ3) is 3.88. The number of rotatable bonds is 5. The highest BCUT2D eigenvalue weighted by molar-refractivity contribution is 5.89. The number of amides is 2. The van der Waals surface area contributed by atoms with Crippen LogP contribution in [0.15, 0.2) is 67.5 Å². The summed E-state index contributed by atoms with van der Waals surface area (Å²) in [6.45, 7) is 2.28. The average Bonchev–Trinajstić information content (AvgIpc) is 3.39. The van der Waals surface area contributed by atoms with Gasteiger partial charge in [0.1, 0.15) is 11.6 Å². The molecule has 0 aromatic carbocycles. The first kappa shape index (κ1) is 17.4. The predicted molar refractivity (Wildman–Crippen MR) is 103 cm³/mol. The molecule has 9 heteroatoms. The molecule has 9 nitrogen and oxygen atoms in total. The molecule has 0 atom stereocenters. The van der Waals surface area contributed by atoms with Gasteiger partial charge in [-0.25, -0.2) is 24.4 Å². The van der Waals surface area contributed by atoms with Gasteiger partial charge in [0.2, 0.25) is 0 Å². The van der Waals surface area contributed by atoms with E-state index in [4.69, 9.17) is 0 Å². The molecule has 2 amide bonds. The fourth-order valence-electron chi connectivity index (χ4n) is 2.68. The van der Waals surface area contributed by atoms with Crippen LogP contribution >= 0.6 is 0 Å². The van der Waals surface area contributed by atoms with Crippen LogP contribution < -0.4 is 10.6 Å². The van der Waals surface area contributed by atoms with Crippen molar-refractivity contribution in [2.75, 3.05) is 5.32 Å². The second-order valence-electron chi connectivity index (χ2n) is 6.03. The number of urea groups is 1. The molecule has 0 fully saturated rings. The van der Waals surface area contributed by atoms with Gasteiger partial charge >= 0.3 is 6.03 Å². The lowest BCUT2D eigenvalue weighted by atomic mass is 10.2. The molecular weight excluding hydrogens is 356 g/mol. The third-order valence-corrected chi connectivity index (χ3v) is 4.08. The predicted octanol–water partition coefficient (Wildman–Crippen LogP) is 2.48. The average molecular weight is 374 g/mol. The summed E-state index contributed by atoms with van der Waals surface area (Å²) in [5.41, 5.74) is 1.53. The first-order chi connectivity index (χ1) is 13.7. The summed E-state index contributed by atoms with van der Waals surface area (Å²) < 4.78 is 3.53. The minimum Gasteiger partial charge on any atom is -0.334 e. The Morgan fingerprint density at radius 2 is 1.96 bits per heavy atom. The van der Waals surface area contributed by atoms with Gasteiger partial charge in [-0.1, -0.05) is 0 Å². The molecule has 0 bridgehead atoms. The molecule has 0 radical (unpaired) electrons. The van der Waals surface area contributed by atoms with E-state index in [-0.39, 0.29) is 6.03 Å². The summed E-state index contributed by atoms with van der Waals surface area (Å²) >= 11 is 0. The number of aromatic nitrogens is 6. The summed E-state index contributed by atoms with van der Waals surface area (Å²) in [6, 6.07) is 8.83. The van der Waals surface area contributed by atoms with E-state index in [0.717, 1.165) is 17.2 Å². The van der Waals surface area contributed by atoms with Crippen LogP contribution in [-0.2, 0) is 6.54 Å². The molecular formula is C19H18N8O. The van der Waals surface area contributed by atoms with Gasteiger partial charge in [-0.05, 0) is 42.8 Å². The third-order valence-electron chi connectivity index (χ3n) is 4.08. The SMILES string of the molecule is Cc1nccn1-c1cc(CNC(=O)Nc2ccc(-n3cccn3)nc2)ccn1. The standard InChI is InChI=1S/C19H18N8O/c1-14-20-8-10-26(14)18-11-15(5-7-21-18)12-23-19(28)25-16-3-4-17(22-13-16)27-9-2-6-24-27/h2-11,13H,12H2,1H3,(H2,23,25,28). The summed E-state index contributed by atoms with van der Waals surface area (Å²) in [7, 11) is 0. The van der Waals surface area contributed by atoms with Gasteiger partial charge < -0.3 is 10.6 Å². The van der Waals surface area contributed by atoms with E-state index in [2.05, 4.69) is 30.7 Å². The van der Waals surface area contributed by atoms with E-state index < -0.39 is 0 Å². The van der Waals surface area contributed by atoms with E-state index >= 15 is 0 Å². The van der Waals surface area contributed by atoms with E-state index in [0.29, 0.717) is 18.1 Å². The second-order valence-corrected chi connectivity index (χ2v) is 6.03. The number of nitrogens with zero attached hydrogens (tertiary/aromatic N) is 6. The van der Waals surface area contributed by atoms with E-state index in [9.17, 15) is 4.79 Å². The maximum atomic E-state index is 12.2. The number of anilines is 1. The van der Waals surface area contributed by atoms with Crippen LogP contribution in [0.5, 0.6) is 0 Å². The monoisotopic (exact) mass is 374 g/mol. The van der Waals surface area contributed by atoms with Gasteiger partial charge in [-0.3, -0.25) is 4.57 Å². The van der Waals surface area contributed by atoms with Crippen molar-refractivity contribution in [3.8, 4) is 11.6 Å². The molecule has 0 spiro atoms. The van der Waals surface area contributed by atoms with Crippen molar-refractivity contribution >= 4 is 11.7 Å². The summed E-state index contributed by atoms with van der Waals surface area (Å²) in [6.07, 6.45) is 10.4. The Labute approximate surface area is 161 Å². The van der Waals surface area contributed by atoms with Crippen molar-refractivity contribution < 1.29 is 4.79 Å². The number of imidazole rings is 1. The molecule has 4 aromatic heterocycles. The van der Waals surface area contributed by atoms with Crippen LogP contribution in [0.3, 0.4) is 0 Å². The van der Waals surface area contributed by atoms with Gasteiger partial charge in [-0.15, -0.1) is 0 Å². The Morgan fingerprint density at radius 3 is 2.68 bits per heavy atom. The van der Waals surface area contributed by atoms with Gasteiger partial charge in [0.05, 0.1) is 11.9 Å². The zero-order valence-electron chi connectivity index (χ0n) is 15.1. The van der Waals surface area contributed by atoms with Crippen LogP contribution in [0.1, 0.15) is 11.4 Å². The van der Waals surface area contributed by atoms with E-state index in [1.165, 1.54) is 0 Å². The summed E-state index contributed by atoms with van der Waals surface area (Å²) in [5.74, 6) is 2.28. The quantitative estimate of drug-likeness (QED) is 0.559. The summed E-state index contributed by atoms with van der Waals surface area (Å²) in [5, 5.41) is 9.71. The first-order valence-corrected chi connectivity index (χ1v) is 8.65. The Kier molecular flexibility index (Phi) is 4.79. The number of hydrogen-bond acceptors (Lipinski definition) is 5. The summed E-state index contributed by atoms with van der Waals surface area (Å²) in [4.78, 5) is 25.0. The Balaban J connectivity index is 1.35. The van der Waals surface area contributed by atoms with Crippen molar-refractivity contribution in [2.24, 2.45) is 0 Å². The lowest BCUT2D eigenvalue weighted by Gasteiger charge is -2.10. The molecule has 0 aliphatic carbocycles. The molecule has 4 rings (SSSR count). The number of hydrogen-bond donors (Lipinski definition) is 2. The minimum absolute atomic E-state index is 0.314. The van der Waals surface area contributed by atoms with Gasteiger partial charge in [0.15, 0.2) is 5.82 Å². The van der Waals surface area contributed by atoms with Crippen LogP contribution in [0.25, 0.3) is 11.6 Å². The second kappa shape index (κ2) is 7.70. The van der Waals surface area contributed by atoms with Crippen molar-refractivity contribution in [3.05, 3.63) is 78.9 Å². The smallest absolute Gasteiger partial charge is 0.319 e. The first-order valence-electron chi connectivity index (χ1n) is 8.65. The molecule has 4 heterocycles. The maximum absolute atomic E-state index is 12.2. The Hall–Kier alpha value is -4.01. The molecule has 0 saturated carbocycles. The normalized spacial score (nSPS) is 10.6. The number of aryl methyl sites for hydroxylation is 1. The minimum atomic E-state index is -0.314. The number of nitrogens with one attached hydrogen (secondary N) is 2. The maximum Gasteiger partial charge on any atom is 0.319 e. The fraction of sp³-hybridized carbons (Fsp3) is 0.105. The van der Waals surface area contributed by atoms with Gasteiger partial charge in [0, 0.05) is 37.5 Å². The Bertz CT molecular complexity index is 1070. The molecule has 2 N–H and O–H groups in total. The van der Waals surface area contributed by atoms with Crippen molar-refractivity contribution in [3.63, 3.8) is 0 Å². The molecule has 0 aliphatic heterocycles. The van der Waals surface area contributed by atoms with E-state index in [1.54, 1.807) is 47.8 Å². The highest BCUT2D eigenvalue weighted by Crippen LogP contribution is 2.11. The van der Waals surface area contributed by atoms with Crippen molar-refractivity contribution in [2.45, 2.75) is 13.5 Å². The molecule has 0 unspecified atom stereocenters. The topological polar surface area (TPSA) is 103 Å². The van der Waals surface area contributed by atoms with Gasteiger partial charge in [-0.2, -0.15) is 5.10 Å². The number of pyridine rings is 2. The van der Waals surface area contributed by atoms with Crippen molar-refractivity contribution in [1.82, 2.24) is 34.6 Å². The lowest BCUT2D eigenvalue weighted by molar-refractivity contribution is 0.251. The van der Waals surface area contributed by atoms with Crippen LogP contribution in [0.4, 0.5) is 10.5 Å². The molecule has 0 saturated heterocycles. The van der Waals surface area contributed by atoms with Crippen molar-refractivity contribution in [1.29, 1.82) is 0 Å². The molecule has 140 valence electrons. The largest absolute Gasteiger partial charge is 0.334 e. The van der Waals surface area contributed by atoms with E-state index in [1.807, 2.05) is 35.9 Å². The van der Waals surface area contributed by atoms with Gasteiger partial charge in [0.25, 0.3) is 0 Å². The lowest BCUT2D eigenvalue weighted by Crippen LogP contribution is -2.28. The zero-order valence-corrected chi connectivity index (χ0v) is 15.1. The number of carbonyl (C=O) groups is 1. The van der Waals surface area contributed by atoms with Crippen LogP contribution in [0, 0.1) is 6.92 Å². The highest BCUT2D eigenvalue weighted by atomic mass is 16.2. The molecule has 28 heavy (non-hydrogen) atoms. The number of carbonyl (C=O) groups excluding carboxylic acids is 1. The van der Waals surface area contributed by atoms with Crippen LogP contribution in [0.2, 0.25) is 0 Å². The molecule has 4 aromatic rings. The fourth-order valence-corrected chi connectivity index (χ4v) is 2.68. The Morgan fingerprint density at radius 1 is 1.04 bits per heavy atom. The highest BCUT2D eigenvalue weighted by Gasteiger charge is 2.06. The van der Waals surface area contributed by atoms with Crippen LogP contribution in [-0.4, -0.2) is 35.3 Å².